The second-order valence-corrected chi connectivity index (χ2v) is 5.27. The highest BCUT2D eigenvalue weighted by Crippen LogP contribution is 2.19. The summed E-state index contributed by atoms with van der Waals surface area (Å²) in [5, 5.41) is 7.49. The number of benzene rings is 1. The molecule has 0 radical (unpaired) electrons. The number of aromatic nitrogens is 2. The van der Waals surface area contributed by atoms with Gasteiger partial charge in [0.1, 0.15) is 5.75 Å². The molecule has 2 heterocycles. The second-order valence-electron chi connectivity index (χ2n) is 5.27. The molecule has 6 nitrogen and oxygen atoms in total. The van der Waals surface area contributed by atoms with Crippen molar-refractivity contribution in [3.05, 3.63) is 41.5 Å². The molecular formula is C15H21ClN4O2. The second kappa shape index (κ2) is 7.58. The molecule has 2 aromatic rings. The highest BCUT2D eigenvalue weighted by molar-refractivity contribution is 5.85. The molecule has 0 amide bonds. The van der Waals surface area contributed by atoms with Crippen molar-refractivity contribution < 1.29 is 9.26 Å². The van der Waals surface area contributed by atoms with Gasteiger partial charge in [-0.2, -0.15) is 4.98 Å². The van der Waals surface area contributed by atoms with E-state index in [2.05, 4.69) is 27.4 Å². The number of likely N-dealkylation sites (N-methyl/N-ethyl adjacent to an activating group) is 1. The molecule has 120 valence electrons. The number of halogens is 1. The van der Waals surface area contributed by atoms with Gasteiger partial charge in [0, 0.05) is 19.6 Å². The average molecular weight is 325 g/mol. The van der Waals surface area contributed by atoms with Gasteiger partial charge in [-0.3, -0.25) is 4.90 Å². The SMILES string of the molecule is COc1ccc(Cc2nc(C3CNCCN3C)no2)cc1.Cl. The van der Waals surface area contributed by atoms with Gasteiger partial charge in [-0.15, -0.1) is 12.4 Å². The summed E-state index contributed by atoms with van der Waals surface area (Å²) >= 11 is 0. The van der Waals surface area contributed by atoms with Gasteiger partial charge in [0.2, 0.25) is 5.89 Å². The van der Waals surface area contributed by atoms with E-state index in [1.54, 1.807) is 7.11 Å². The Hall–Kier alpha value is -1.63. The Kier molecular flexibility index (Phi) is 5.76. The fraction of sp³-hybridized carbons (Fsp3) is 0.467. The third-order valence-electron chi connectivity index (χ3n) is 3.81. The van der Waals surface area contributed by atoms with Crippen molar-refractivity contribution >= 4 is 12.4 Å². The number of hydrogen-bond donors (Lipinski definition) is 1. The minimum atomic E-state index is 0. The normalized spacial score (nSPS) is 18.7. The molecule has 1 unspecified atom stereocenters. The number of nitrogens with one attached hydrogen (secondary N) is 1. The molecule has 7 heteroatoms. The van der Waals surface area contributed by atoms with Crippen LogP contribution < -0.4 is 10.1 Å². The molecule has 3 rings (SSSR count). The Bertz CT molecular complexity index is 587. The summed E-state index contributed by atoms with van der Waals surface area (Å²) in [7, 11) is 3.75. The summed E-state index contributed by atoms with van der Waals surface area (Å²) in [6.07, 6.45) is 0.640. The standard InChI is InChI=1S/C15H20N4O2.ClH/c1-19-8-7-16-10-13(19)15-17-14(21-18-15)9-11-3-5-12(20-2)6-4-11;/h3-6,13,16H,7-10H2,1-2H3;1H. The van der Waals surface area contributed by atoms with Crippen molar-refractivity contribution in [1.82, 2.24) is 20.4 Å². The van der Waals surface area contributed by atoms with Crippen LogP contribution in [0, 0.1) is 0 Å². The van der Waals surface area contributed by atoms with Crippen molar-refractivity contribution in [2.75, 3.05) is 33.8 Å². The van der Waals surface area contributed by atoms with E-state index < -0.39 is 0 Å². The van der Waals surface area contributed by atoms with E-state index in [0.29, 0.717) is 12.3 Å². The quantitative estimate of drug-likeness (QED) is 0.923. The lowest BCUT2D eigenvalue weighted by atomic mass is 10.1. The van der Waals surface area contributed by atoms with Crippen LogP contribution in [0.25, 0.3) is 0 Å². The van der Waals surface area contributed by atoms with Gasteiger partial charge in [0.25, 0.3) is 0 Å². The molecule has 1 aromatic heterocycles. The van der Waals surface area contributed by atoms with Crippen LogP contribution in [0.1, 0.15) is 23.3 Å². The van der Waals surface area contributed by atoms with Crippen molar-refractivity contribution in [2.45, 2.75) is 12.5 Å². The number of nitrogens with zero attached hydrogens (tertiary/aromatic N) is 3. The fourth-order valence-electron chi connectivity index (χ4n) is 2.49. The van der Waals surface area contributed by atoms with Crippen molar-refractivity contribution in [1.29, 1.82) is 0 Å². The van der Waals surface area contributed by atoms with Crippen LogP contribution in [0.5, 0.6) is 5.75 Å². The Labute approximate surface area is 136 Å². The third kappa shape index (κ3) is 3.76. The molecule has 0 bridgehead atoms. The number of methoxy groups -OCH3 is 1. The maximum Gasteiger partial charge on any atom is 0.231 e. The van der Waals surface area contributed by atoms with E-state index in [4.69, 9.17) is 9.26 Å². The number of hydrogen-bond acceptors (Lipinski definition) is 6. The highest BCUT2D eigenvalue weighted by Gasteiger charge is 2.25. The lowest BCUT2D eigenvalue weighted by Crippen LogP contribution is -2.44. The van der Waals surface area contributed by atoms with Crippen LogP contribution in [-0.4, -0.2) is 48.8 Å². The summed E-state index contributed by atoms with van der Waals surface area (Å²) < 4.78 is 10.5. The first-order valence-corrected chi connectivity index (χ1v) is 7.12. The molecule has 1 aromatic carbocycles. The summed E-state index contributed by atoms with van der Waals surface area (Å²) in [6.45, 7) is 2.86. The Morgan fingerprint density at radius 1 is 1.36 bits per heavy atom. The van der Waals surface area contributed by atoms with E-state index in [-0.39, 0.29) is 18.4 Å². The zero-order chi connectivity index (χ0) is 14.7. The van der Waals surface area contributed by atoms with E-state index in [0.717, 1.165) is 36.8 Å². The topological polar surface area (TPSA) is 63.4 Å². The van der Waals surface area contributed by atoms with Gasteiger partial charge < -0.3 is 14.6 Å². The minimum Gasteiger partial charge on any atom is -0.497 e. The molecule has 1 aliphatic heterocycles. The van der Waals surface area contributed by atoms with Crippen molar-refractivity contribution in [2.24, 2.45) is 0 Å². The lowest BCUT2D eigenvalue weighted by Gasteiger charge is -2.30. The Balaban J connectivity index is 0.00000176. The monoisotopic (exact) mass is 324 g/mol. The predicted octanol–water partition coefficient (Wildman–Crippen LogP) is 1.67. The maximum atomic E-state index is 5.38. The zero-order valence-corrected chi connectivity index (χ0v) is 13.6. The minimum absolute atomic E-state index is 0. The molecule has 22 heavy (non-hydrogen) atoms. The van der Waals surface area contributed by atoms with E-state index in [1.165, 1.54) is 0 Å². The van der Waals surface area contributed by atoms with Gasteiger partial charge in [-0.1, -0.05) is 17.3 Å². The maximum absolute atomic E-state index is 5.38. The largest absolute Gasteiger partial charge is 0.497 e. The summed E-state index contributed by atoms with van der Waals surface area (Å²) in [4.78, 5) is 6.78. The van der Waals surface area contributed by atoms with Crippen LogP contribution in [-0.2, 0) is 6.42 Å². The number of piperazine rings is 1. The number of ether oxygens (including phenoxy) is 1. The van der Waals surface area contributed by atoms with Crippen LogP contribution in [0.4, 0.5) is 0 Å². The van der Waals surface area contributed by atoms with E-state index in [1.807, 2.05) is 24.3 Å². The number of rotatable bonds is 4. The fourth-order valence-corrected chi connectivity index (χ4v) is 2.49. The molecular weight excluding hydrogens is 304 g/mol. The van der Waals surface area contributed by atoms with Gasteiger partial charge in [-0.25, -0.2) is 0 Å². The smallest absolute Gasteiger partial charge is 0.231 e. The van der Waals surface area contributed by atoms with Crippen LogP contribution >= 0.6 is 12.4 Å². The predicted molar refractivity (Wildman–Crippen MR) is 85.6 cm³/mol. The molecule has 0 spiro atoms. The Morgan fingerprint density at radius 2 is 2.14 bits per heavy atom. The molecule has 1 fully saturated rings. The molecule has 0 aliphatic carbocycles. The molecule has 1 N–H and O–H groups in total. The average Bonchev–Trinajstić information content (AvgIpc) is 2.97. The van der Waals surface area contributed by atoms with Gasteiger partial charge in [0.15, 0.2) is 5.82 Å². The van der Waals surface area contributed by atoms with Crippen molar-refractivity contribution in [3.8, 4) is 5.75 Å². The summed E-state index contributed by atoms with van der Waals surface area (Å²) in [5.74, 6) is 2.25. The van der Waals surface area contributed by atoms with E-state index >= 15 is 0 Å². The molecule has 1 aliphatic rings. The highest BCUT2D eigenvalue weighted by atomic mass is 35.5. The van der Waals surface area contributed by atoms with Crippen LogP contribution in [0.3, 0.4) is 0 Å². The third-order valence-corrected chi connectivity index (χ3v) is 3.81. The summed E-state index contributed by atoms with van der Waals surface area (Å²) in [5.41, 5.74) is 1.13. The van der Waals surface area contributed by atoms with Crippen molar-refractivity contribution in [3.63, 3.8) is 0 Å². The Morgan fingerprint density at radius 3 is 2.82 bits per heavy atom. The first-order valence-electron chi connectivity index (χ1n) is 7.12. The molecule has 1 atom stereocenters. The van der Waals surface area contributed by atoms with Crippen LogP contribution in [0.2, 0.25) is 0 Å². The van der Waals surface area contributed by atoms with Crippen LogP contribution in [0.15, 0.2) is 28.8 Å². The molecule has 1 saturated heterocycles. The van der Waals surface area contributed by atoms with E-state index in [9.17, 15) is 0 Å². The first-order chi connectivity index (χ1) is 10.3. The summed E-state index contributed by atoms with van der Waals surface area (Å²) in [6, 6.07) is 8.08. The van der Waals surface area contributed by atoms with Gasteiger partial charge in [-0.05, 0) is 24.7 Å². The lowest BCUT2D eigenvalue weighted by molar-refractivity contribution is 0.190. The van der Waals surface area contributed by atoms with Gasteiger partial charge >= 0.3 is 0 Å². The molecule has 0 saturated carbocycles. The first kappa shape index (κ1) is 16.7. The van der Waals surface area contributed by atoms with Gasteiger partial charge in [0.05, 0.1) is 19.6 Å². The zero-order valence-electron chi connectivity index (χ0n) is 12.8.